The van der Waals surface area contributed by atoms with Gasteiger partial charge in [0.05, 0.1) is 20.8 Å². The maximum Gasteiger partial charge on any atom is 0.238 e. The maximum atomic E-state index is 12.6. The Morgan fingerprint density at radius 3 is 2.54 bits per heavy atom. The van der Waals surface area contributed by atoms with Crippen LogP contribution < -0.4 is 14.8 Å². The van der Waals surface area contributed by atoms with Crippen LogP contribution in [-0.4, -0.2) is 43.9 Å². The van der Waals surface area contributed by atoms with E-state index >= 15 is 0 Å². The van der Waals surface area contributed by atoms with Gasteiger partial charge in [0, 0.05) is 23.8 Å². The largest absolute Gasteiger partial charge is 0.493 e. The fourth-order valence-corrected chi connectivity index (χ4v) is 3.61. The molecule has 1 amide bonds. The molecule has 6 nitrogen and oxygen atoms in total. The summed E-state index contributed by atoms with van der Waals surface area (Å²) in [5.74, 6) is 1.30. The third-order valence-electron chi connectivity index (χ3n) is 5.21. The molecule has 0 saturated carbocycles. The monoisotopic (exact) mass is 382 g/mol. The standard InChI is InChI=1S/C22H26N2O4/c1-14-19-12-21(28-4)20(27-3)11-17(19)8-9-24(14)13-22(26)23-18-7-5-6-16(10-18)15(2)25/h5-7,10-12,14H,8-9,13H2,1-4H3,(H,23,26)/t14-/m1/s1. The van der Waals surface area contributed by atoms with Crippen LogP contribution in [0.3, 0.4) is 0 Å². The van der Waals surface area contributed by atoms with Crippen LogP contribution >= 0.6 is 0 Å². The van der Waals surface area contributed by atoms with Gasteiger partial charge >= 0.3 is 0 Å². The van der Waals surface area contributed by atoms with Gasteiger partial charge in [-0.3, -0.25) is 14.5 Å². The van der Waals surface area contributed by atoms with Gasteiger partial charge < -0.3 is 14.8 Å². The number of ether oxygens (including phenoxy) is 2. The van der Waals surface area contributed by atoms with Gasteiger partial charge in [0.25, 0.3) is 0 Å². The van der Waals surface area contributed by atoms with Crippen molar-refractivity contribution < 1.29 is 19.1 Å². The van der Waals surface area contributed by atoms with Crippen molar-refractivity contribution >= 4 is 17.4 Å². The topological polar surface area (TPSA) is 67.9 Å². The van der Waals surface area contributed by atoms with E-state index in [2.05, 4.69) is 17.1 Å². The Morgan fingerprint density at radius 1 is 1.14 bits per heavy atom. The van der Waals surface area contributed by atoms with E-state index in [1.165, 1.54) is 12.5 Å². The lowest BCUT2D eigenvalue weighted by Gasteiger charge is -2.35. The quantitative estimate of drug-likeness (QED) is 0.775. The van der Waals surface area contributed by atoms with Crippen LogP contribution in [0.5, 0.6) is 11.5 Å². The van der Waals surface area contributed by atoms with Crippen molar-refractivity contribution in [1.82, 2.24) is 4.90 Å². The number of nitrogens with one attached hydrogen (secondary N) is 1. The molecule has 0 bridgehead atoms. The number of rotatable bonds is 6. The van der Waals surface area contributed by atoms with Crippen LogP contribution in [0.15, 0.2) is 36.4 Å². The van der Waals surface area contributed by atoms with Crippen molar-refractivity contribution in [2.75, 3.05) is 32.6 Å². The molecule has 1 aliphatic rings. The van der Waals surface area contributed by atoms with Crippen molar-refractivity contribution in [2.45, 2.75) is 26.3 Å². The van der Waals surface area contributed by atoms with Crippen molar-refractivity contribution in [2.24, 2.45) is 0 Å². The third-order valence-corrected chi connectivity index (χ3v) is 5.21. The molecule has 0 aliphatic carbocycles. The number of carbonyl (C=O) groups excluding carboxylic acids is 2. The zero-order valence-corrected chi connectivity index (χ0v) is 16.7. The molecule has 2 aromatic carbocycles. The van der Waals surface area contributed by atoms with Crippen molar-refractivity contribution in [3.8, 4) is 11.5 Å². The first-order valence-corrected chi connectivity index (χ1v) is 9.32. The van der Waals surface area contributed by atoms with Gasteiger partial charge in [0.2, 0.25) is 5.91 Å². The first-order chi connectivity index (χ1) is 13.4. The summed E-state index contributed by atoms with van der Waals surface area (Å²) in [7, 11) is 3.26. The molecule has 6 heteroatoms. The highest BCUT2D eigenvalue weighted by Gasteiger charge is 2.27. The molecule has 1 heterocycles. The lowest BCUT2D eigenvalue weighted by Crippen LogP contribution is -2.39. The molecule has 1 aliphatic heterocycles. The molecule has 0 spiro atoms. The summed E-state index contributed by atoms with van der Waals surface area (Å²) >= 11 is 0. The van der Waals surface area contributed by atoms with Gasteiger partial charge in [0.1, 0.15) is 0 Å². The average molecular weight is 382 g/mol. The molecule has 0 radical (unpaired) electrons. The van der Waals surface area contributed by atoms with Crippen LogP contribution in [0, 0.1) is 0 Å². The molecule has 1 atom stereocenters. The molecular weight excluding hydrogens is 356 g/mol. The van der Waals surface area contributed by atoms with Crippen molar-refractivity contribution in [3.05, 3.63) is 53.1 Å². The fraction of sp³-hybridized carbons (Fsp3) is 0.364. The van der Waals surface area contributed by atoms with E-state index in [0.29, 0.717) is 17.0 Å². The number of amides is 1. The predicted octanol–water partition coefficient (Wildman–Crippen LogP) is 3.46. The number of ketones is 1. The molecule has 0 saturated heterocycles. The van der Waals surface area contributed by atoms with Crippen LogP contribution in [-0.2, 0) is 11.2 Å². The number of nitrogens with zero attached hydrogens (tertiary/aromatic N) is 1. The highest BCUT2D eigenvalue weighted by molar-refractivity contribution is 5.97. The van der Waals surface area contributed by atoms with E-state index in [0.717, 1.165) is 24.3 Å². The maximum absolute atomic E-state index is 12.6. The summed E-state index contributed by atoms with van der Waals surface area (Å²) in [6, 6.07) is 11.1. The number of hydrogen-bond donors (Lipinski definition) is 1. The molecule has 2 aromatic rings. The van der Waals surface area contributed by atoms with Crippen LogP contribution in [0.2, 0.25) is 0 Å². The number of fused-ring (bicyclic) bond motifs is 1. The van der Waals surface area contributed by atoms with Crippen LogP contribution in [0.1, 0.15) is 41.4 Å². The minimum Gasteiger partial charge on any atom is -0.493 e. The molecule has 0 fully saturated rings. The average Bonchev–Trinajstić information content (AvgIpc) is 2.69. The SMILES string of the molecule is COc1cc2c(cc1OC)[C@@H](C)N(CC(=O)Nc1cccc(C(C)=O)c1)CC2. The molecule has 3 rings (SSSR count). The highest BCUT2D eigenvalue weighted by Crippen LogP contribution is 2.37. The number of anilines is 1. The Kier molecular flexibility index (Phi) is 5.99. The van der Waals surface area contributed by atoms with Gasteiger partial charge in [0.15, 0.2) is 17.3 Å². The smallest absolute Gasteiger partial charge is 0.238 e. The Balaban J connectivity index is 1.71. The van der Waals surface area contributed by atoms with E-state index in [1.807, 2.05) is 12.1 Å². The van der Waals surface area contributed by atoms with Gasteiger partial charge in [-0.05, 0) is 55.7 Å². The second-order valence-corrected chi connectivity index (χ2v) is 6.99. The Hall–Kier alpha value is -2.86. The van der Waals surface area contributed by atoms with Crippen LogP contribution in [0.25, 0.3) is 0 Å². The van der Waals surface area contributed by atoms with E-state index < -0.39 is 0 Å². The zero-order valence-electron chi connectivity index (χ0n) is 16.7. The summed E-state index contributed by atoms with van der Waals surface area (Å²) < 4.78 is 10.8. The molecular formula is C22H26N2O4. The first kappa shape index (κ1) is 19.9. The predicted molar refractivity (Wildman–Crippen MR) is 108 cm³/mol. The van der Waals surface area contributed by atoms with E-state index in [1.54, 1.807) is 38.5 Å². The summed E-state index contributed by atoms with van der Waals surface area (Å²) in [5.41, 5.74) is 3.58. The van der Waals surface area contributed by atoms with Gasteiger partial charge in [-0.2, -0.15) is 0 Å². The Morgan fingerprint density at radius 2 is 1.86 bits per heavy atom. The van der Waals surface area contributed by atoms with E-state index in [4.69, 9.17) is 9.47 Å². The lowest BCUT2D eigenvalue weighted by molar-refractivity contribution is -0.117. The minimum atomic E-state index is -0.100. The number of Topliss-reactive ketones (excluding diaryl/α,β-unsaturated/α-hetero) is 1. The number of carbonyl (C=O) groups is 2. The summed E-state index contributed by atoms with van der Waals surface area (Å²) in [6.07, 6.45) is 0.840. The second-order valence-electron chi connectivity index (χ2n) is 6.99. The summed E-state index contributed by atoms with van der Waals surface area (Å²) in [4.78, 5) is 26.2. The first-order valence-electron chi connectivity index (χ1n) is 9.32. The highest BCUT2D eigenvalue weighted by atomic mass is 16.5. The number of methoxy groups -OCH3 is 2. The Bertz CT molecular complexity index is 894. The normalized spacial score (nSPS) is 16.2. The van der Waals surface area contributed by atoms with E-state index in [9.17, 15) is 9.59 Å². The van der Waals surface area contributed by atoms with E-state index in [-0.39, 0.29) is 24.3 Å². The number of hydrogen-bond acceptors (Lipinski definition) is 5. The molecule has 0 unspecified atom stereocenters. The summed E-state index contributed by atoms with van der Waals surface area (Å²) in [5, 5.41) is 2.89. The van der Waals surface area contributed by atoms with Crippen molar-refractivity contribution in [3.63, 3.8) is 0 Å². The van der Waals surface area contributed by atoms with Crippen LogP contribution in [0.4, 0.5) is 5.69 Å². The molecule has 0 aromatic heterocycles. The molecule has 1 N–H and O–H groups in total. The summed E-state index contributed by atoms with van der Waals surface area (Å²) in [6.45, 7) is 4.66. The minimum absolute atomic E-state index is 0.0262. The second kappa shape index (κ2) is 8.44. The van der Waals surface area contributed by atoms with Crippen molar-refractivity contribution in [1.29, 1.82) is 0 Å². The van der Waals surface area contributed by atoms with Gasteiger partial charge in [-0.25, -0.2) is 0 Å². The zero-order chi connectivity index (χ0) is 20.3. The fourth-order valence-electron chi connectivity index (χ4n) is 3.61. The molecule has 28 heavy (non-hydrogen) atoms. The number of benzene rings is 2. The van der Waals surface area contributed by atoms with Gasteiger partial charge in [-0.15, -0.1) is 0 Å². The third kappa shape index (κ3) is 4.17. The van der Waals surface area contributed by atoms with Gasteiger partial charge in [-0.1, -0.05) is 12.1 Å². The molecule has 148 valence electrons. The lowest BCUT2D eigenvalue weighted by atomic mass is 9.93. The Labute approximate surface area is 165 Å².